The molecule has 0 aliphatic carbocycles. The van der Waals surface area contributed by atoms with E-state index in [2.05, 4.69) is 20.6 Å². The Kier molecular flexibility index (Phi) is 6.27. The average molecular weight is 449 g/mol. The summed E-state index contributed by atoms with van der Waals surface area (Å²) in [7, 11) is 1.57. The van der Waals surface area contributed by atoms with E-state index in [4.69, 9.17) is 4.74 Å². The topological polar surface area (TPSA) is 113 Å². The van der Waals surface area contributed by atoms with E-state index in [0.29, 0.717) is 27.1 Å². The zero-order chi connectivity index (χ0) is 22.5. The fourth-order valence-corrected chi connectivity index (χ4v) is 4.10. The molecule has 2 aromatic heterocycles. The molecule has 2 heterocycles. The summed E-state index contributed by atoms with van der Waals surface area (Å²) >= 11 is 1.25. The molecular weight excluding hydrogens is 428 g/mol. The van der Waals surface area contributed by atoms with Crippen LogP contribution in [0.2, 0.25) is 0 Å². The van der Waals surface area contributed by atoms with Crippen molar-refractivity contribution in [3.05, 3.63) is 92.8 Å². The molecule has 0 saturated carbocycles. The van der Waals surface area contributed by atoms with Crippen molar-refractivity contribution in [1.82, 2.24) is 20.6 Å². The predicted octanol–water partition coefficient (Wildman–Crippen LogP) is 2.85. The number of aromatic amines is 1. The highest BCUT2D eigenvalue weighted by molar-refractivity contribution is 7.16. The van der Waals surface area contributed by atoms with E-state index in [9.17, 15) is 14.4 Å². The Morgan fingerprint density at radius 3 is 2.59 bits per heavy atom. The molecule has 162 valence electrons. The van der Waals surface area contributed by atoms with Gasteiger partial charge in [-0.2, -0.15) is 0 Å². The van der Waals surface area contributed by atoms with E-state index >= 15 is 0 Å². The highest BCUT2D eigenvalue weighted by Crippen LogP contribution is 2.21. The molecule has 0 spiro atoms. The molecule has 0 aliphatic rings. The van der Waals surface area contributed by atoms with Crippen LogP contribution in [0.5, 0.6) is 5.75 Å². The Hall–Kier alpha value is -3.98. The van der Waals surface area contributed by atoms with Crippen LogP contribution in [-0.4, -0.2) is 28.9 Å². The van der Waals surface area contributed by atoms with Crippen molar-refractivity contribution in [3.63, 3.8) is 0 Å². The molecular formula is C23H20N4O4S. The maximum absolute atomic E-state index is 12.7. The van der Waals surface area contributed by atoms with Crippen LogP contribution < -0.4 is 20.9 Å². The number of carbonyl (C=O) groups excluding carboxylic acids is 2. The molecule has 0 aliphatic heterocycles. The Labute approximate surface area is 187 Å². The van der Waals surface area contributed by atoms with Gasteiger partial charge in [0.1, 0.15) is 10.6 Å². The van der Waals surface area contributed by atoms with Crippen molar-refractivity contribution in [1.29, 1.82) is 0 Å². The Balaban J connectivity index is 1.46. The van der Waals surface area contributed by atoms with Crippen molar-refractivity contribution in [2.75, 3.05) is 7.11 Å². The van der Waals surface area contributed by atoms with Crippen molar-refractivity contribution in [3.8, 4) is 5.75 Å². The maximum Gasteiger partial charge on any atom is 0.287 e. The number of fused-ring (bicyclic) bond motifs is 1. The van der Waals surface area contributed by atoms with Crippen molar-refractivity contribution >= 4 is 33.4 Å². The number of methoxy groups -OCH3 is 1. The minimum Gasteiger partial charge on any atom is -0.497 e. The van der Waals surface area contributed by atoms with E-state index < -0.39 is 11.5 Å². The smallest absolute Gasteiger partial charge is 0.287 e. The lowest BCUT2D eigenvalue weighted by molar-refractivity contribution is 0.0936. The summed E-state index contributed by atoms with van der Waals surface area (Å²) < 4.78 is 5.17. The first-order valence-electron chi connectivity index (χ1n) is 9.80. The second-order valence-corrected chi connectivity index (χ2v) is 7.80. The molecule has 4 rings (SSSR count). The minimum absolute atomic E-state index is 0.0629. The SMILES string of the molecule is COc1cccc(CNC(=O)c2nc3scc(CNC(=O)c4ccccc4)c3c(=O)[nH]2)c1. The molecule has 8 nitrogen and oxygen atoms in total. The highest BCUT2D eigenvalue weighted by atomic mass is 32.1. The number of aromatic nitrogens is 2. The predicted molar refractivity (Wildman–Crippen MR) is 122 cm³/mol. The molecule has 0 fully saturated rings. The summed E-state index contributed by atoms with van der Waals surface area (Å²) in [5.74, 6) is -0.0932. The van der Waals surface area contributed by atoms with Gasteiger partial charge in [-0.3, -0.25) is 14.4 Å². The van der Waals surface area contributed by atoms with Crippen LogP contribution in [0.15, 0.2) is 64.8 Å². The lowest BCUT2D eigenvalue weighted by atomic mass is 10.2. The van der Waals surface area contributed by atoms with Gasteiger partial charge in [0.15, 0.2) is 0 Å². The normalized spacial score (nSPS) is 10.7. The van der Waals surface area contributed by atoms with Crippen LogP contribution in [0.1, 0.15) is 32.1 Å². The summed E-state index contributed by atoms with van der Waals surface area (Å²) in [5.41, 5.74) is 1.61. The van der Waals surface area contributed by atoms with E-state index in [1.54, 1.807) is 36.8 Å². The number of hydrogen-bond donors (Lipinski definition) is 3. The van der Waals surface area contributed by atoms with Gasteiger partial charge in [0.2, 0.25) is 5.82 Å². The standard InChI is InChI=1S/C23H20N4O4S/c1-31-17-9-5-6-14(10-17)11-24-22(30)19-26-21(29)18-16(13-32-23(18)27-19)12-25-20(28)15-7-3-2-4-8-15/h2-10,13H,11-12H2,1H3,(H,24,30)(H,25,28)(H,26,27,29). The van der Waals surface area contributed by atoms with Gasteiger partial charge in [0.25, 0.3) is 17.4 Å². The molecule has 2 amide bonds. The number of amides is 2. The van der Waals surface area contributed by atoms with Gasteiger partial charge in [0.05, 0.1) is 12.5 Å². The van der Waals surface area contributed by atoms with E-state index in [1.807, 2.05) is 30.3 Å². The number of rotatable bonds is 7. The third kappa shape index (κ3) is 4.68. The third-order valence-electron chi connectivity index (χ3n) is 4.80. The summed E-state index contributed by atoms with van der Waals surface area (Å²) in [4.78, 5) is 44.7. The maximum atomic E-state index is 12.7. The Bertz CT molecular complexity index is 1330. The quantitative estimate of drug-likeness (QED) is 0.402. The Morgan fingerprint density at radius 2 is 1.81 bits per heavy atom. The first-order valence-corrected chi connectivity index (χ1v) is 10.7. The summed E-state index contributed by atoms with van der Waals surface area (Å²) in [6.45, 7) is 0.443. The minimum atomic E-state index is -0.487. The van der Waals surface area contributed by atoms with Crippen molar-refractivity contribution < 1.29 is 14.3 Å². The summed E-state index contributed by atoms with van der Waals surface area (Å²) in [6, 6.07) is 16.1. The molecule has 32 heavy (non-hydrogen) atoms. The lowest BCUT2D eigenvalue weighted by Crippen LogP contribution is -2.28. The van der Waals surface area contributed by atoms with Gasteiger partial charge in [-0.15, -0.1) is 11.3 Å². The monoisotopic (exact) mass is 448 g/mol. The number of benzene rings is 2. The Morgan fingerprint density at radius 1 is 1.03 bits per heavy atom. The average Bonchev–Trinajstić information content (AvgIpc) is 3.25. The molecule has 3 N–H and O–H groups in total. The molecule has 0 radical (unpaired) electrons. The van der Waals surface area contributed by atoms with Gasteiger partial charge in [-0.05, 0) is 40.8 Å². The van der Waals surface area contributed by atoms with E-state index in [1.165, 1.54) is 11.3 Å². The second kappa shape index (κ2) is 9.44. The van der Waals surface area contributed by atoms with Gasteiger partial charge in [-0.1, -0.05) is 30.3 Å². The summed E-state index contributed by atoms with van der Waals surface area (Å²) in [6.07, 6.45) is 0. The lowest BCUT2D eigenvalue weighted by Gasteiger charge is -2.07. The molecule has 0 saturated heterocycles. The first kappa shape index (κ1) is 21.3. The fourth-order valence-electron chi connectivity index (χ4n) is 3.16. The van der Waals surface area contributed by atoms with Gasteiger partial charge < -0.3 is 20.4 Å². The molecule has 0 unspecified atom stereocenters. The van der Waals surface area contributed by atoms with Crippen molar-refractivity contribution in [2.45, 2.75) is 13.1 Å². The van der Waals surface area contributed by atoms with Crippen LogP contribution in [0, 0.1) is 0 Å². The summed E-state index contributed by atoms with van der Waals surface area (Å²) in [5, 5.41) is 7.68. The molecule has 2 aromatic carbocycles. The molecule has 9 heteroatoms. The second-order valence-electron chi connectivity index (χ2n) is 6.94. The number of nitrogens with zero attached hydrogens (tertiary/aromatic N) is 1. The number of nitrogens with one attached hydrogen (secondary N) is 3. The van der Waals surface area contributed by atoms with Crippen LogP contribution in [-0.2, 0) is 13.1 Å². The molecule has 0 bridgehead atoms. The van der Waals surface area contributed by atoms with E-state index in [-0.39, 0.29) is 24.8 Å². The molecule has 4 aromatic rings. The third-order valence-corrected chi connectivity index (χ3v) is 5.72. The number of hydrogen-bond acceptors (Lipinski definition) is 6. The van der Waals surface area contributed by atoms with Gasteiger partial charge >= 0.3 is 0 Å². The number of ether oxygens (including phenoxy) is 1. The van der Waals surface area contributed by atoms with Gasteiger partial charge in [-0.25, -0.2) is 4.98 Å². The highest BCUT2D eigenvalue weighted by Gasteiger charge is 2.16. The zero-order valence-electron chi connectivity index (χ0n) is 17.2. The van der Waals surface area contributed by atoms with Crippen LogP contribution in [0.3, 0.4) is 0 Å². The zero-order valence-corrected chi connectivity index (χ0v) is 18.0. The van der Waals surface area contributed by atoms with E-state index in [0.717, 1.165) is 5.56 Å². The number of carbonyl (C=O) groups is 2. The van der Waals surface area contributed by atoms with Crippen LogP contribution >= 0.6 is 11.3 Å². The first-order chi connectivity index (χ1) is 15.5. The largest absolute Gasteiger partial charge is 0.497 e. The van der Waals surface area contributed by atoms with Crippen LogP contribution in [0.25, 0.3) is 10.2 Å². The number of thiophene rings is 1. The number of H-pyrrole nitrogens is 1. The molecule has 0 atom stereocenters. The van der Waals surface area contributed by atoms with Crippen molar-refractivity contribution in [2.24, 2.45) is 0 Å². The van der Waals surface area contributed by atoms with Gasteiger partial charge in [0, 0.05) is 18.7 Å². The fraction of sp³-hybridized carbons (Fsp3) is 0.130. The van der Waals surface area contributed by atoms with Crippen LogP contribution in [0.4, 0.5) is 0 Å².